The van der Waals surface area contributed by atoms with Crippen molar-refractivity contribution < 1.29 is 28.6 Å². The van der Waals surface area contributed by atoms with Gasteiger partial charge in [0.1, 0.15) is 13.2 Å². The van der Waals surface area contributed by atoms with Gasteiger partial charge in [-0.15, -0.1) is 0 Å². The molecule has 0 aliphatic rings. The van der Waals surface area contributed by atoms with Gasteiger partial charge in [-0.25, -0.2) is 0 Å². The lowest BCUT2D eigenvalue weighted by Crippen LogP contribution is -2.30. The molecule has 0 fully saturated rings. The lowest BCUT2D eigenvalue weighted by molar-refractivity contribution is -0.166. The largest absolute Gasteiger partial charge is 0.462 e. The smallest absolute Gasteiger partial charge is 0.309 e. The molecule has 1 unspecified atom stereocenters. The van der Waals surface area contributed by atoms with E-state index in [1.54, 1.807) is 6.08 Å². The first-order valence-corrected chi connectivity index (χ1v) is 34.7. The van der Waals surface area contributed by atoms with Crippen LogP contribution in [0.15, 0.2) is 134 Å². The summed E-state index contributed by atoms with van der Waals surface area (Å²) in [6.07, 6.45) is 99.3. The number of rotatable bonds is 62. The molecule has 0 aliphatic carbocycles. The molecule has 0 aromatic carbocycles. The zero-order valence-electron chi connectivity index (χ0n) is 54.2. The molecule has 0 N–H and O–H groups in total. The van der Waals surface area contributed by atoms with E-state index in [9.17, 15) is 14.4 Å². The van der Waals surface area contributed by atoms with Gasteiger partial charge in [-0.1, -0.05) is 315 Å². The monoisotopic (exact) mass is 1150 g/mol. The summed E-state index contributed by atoms with van der Waals surface area (Å²) in [6.45, 7) is 6.34. The van der Waals surface area contributed by atoms with Crippen LogP contribution in [0.25, 0.3) is 0 Å². The van der Waals surface area contributed by atoms with Crippen molar-refractivity contribution in [2.75, 3.05) is 13.2 Å². The van der Waals surface area contributed by atoms with Crippen LogP contribution in [0.3, 0.4) is 0 Å². The molecular formula is C77H128O6. The van der Waals surface area contributed by atoms with Crippen molar-refractivity contribution in [3.05, 3.63) is 134 Å². The quantitative estimate of drug-likeness (QED) is 0.0261. The highest BCUT2D eigenvalue weighted by Crippen LogP contribution is 2.17. The zero-order chi connectivity index (χ0) is 59.9. The number of unbranched alkanes of at least 4 members (excludes halogenated alkanes) is 30. The fraction of sp³-hybridized carbons (Fsp3) is 0.675. The van der Waals surface area contributed by atoms with E-state index < -0.39 is 12.1 Å². The van der Waals surface area contributed by atoms with Crippen molar-refractivity contribution in [3.8, 4) is 0 Å². The van der Waals surface area contributed by atoms with Crippen LogP contribution >= 0.6 is 0 Å². The van der Waals surface area contributed by atoms with E-state index in [0.29, 0.717) is 12.8 Å². The summed E-state index contributed by atoms with van der Waals surface area (Å²) in [5, 5.41) is 0. The Morgan fingerprint density at radius 3 is 0.843 bits per heavy atom. The van der Waals surface area contributed by atoms with E-state index in [1.807, 2.05) is 6.08 Å². The SMILES string of the molecule is CC/C=C\C/C=C\C/C=C\C/C=C\C/C=C\CC(=O)OCC(COC(=O)CCCCCCCCCCCCCCCC/C=C\C/C=C\C/C=C\C/C=C\CC)OC(=O)CCCCCCCCCCCCC/C=C\C/C=C\CCCCCCC. The van der Waals surface area contributed by atoms with Crippen LogP contribution in [0.1, 0.15) is 316 Å². The van der Waals surface area contributed by atoms with E-state index in [4.69, 9.17) is 14.2 Å². The summed E-state index contributed by atoms with van der Waals surface area (Å²) < 4.78 is 16.9. The van der Waals surface area contributed by atoms with Gasteiger partial charge in [0.25, 0.3) is 0 Å². The second-order valence-corrected chi connectivity index (χ2v) is 22.7. The number of hydrogen-bond acceptors (Lipinski definition) is 6. The van der Waals surface area contributed by atoms with Gasteiger partial charge in [0.2, 0.25) is 0 Å². The first-order valence-electron chi connectivity index (χ1n) is 34.7. The number of carbonyl (C=O) groups is 3. The van der Waals surface area contributed by atoms with Gasteiger partial charge < -0.3 is 14.2 Å². The van der Waals surface area contributed by atoms with Gasteiger partial charge in [-0.05, 0) is 116 Å². The molecule has 83 heavy (non-hydrogen) atoms. The van der Waals surface area contributed by atoms with Crippen LogP contribution in [0.5, 0.6) is 0 Å². The molecule has 0 saturated carbocycles. The third-order valence-electron chi connectivity index (χ3n) is 14.7. The van der Waals surface area contributed by atoms with Crippen molar-refractivity contribution in [3.63, 3.8) is 0 Å². The van der Waals surface area contributed by atoms with Crippen LogP contribution in [-0.4, -0.2) is 37.2 Å². The third-order valence-corrected chi connectivity index (χ3v) is 14.7. The second kappa shape index (κ2) is 70.0. The Morgan fingerprint density at radius 2 is 0.518 bits per heavy atom. The lowest BCUT2D eigenvalue weighted by atomic mass is 10.0. The Labute approximate surface area is 513 Å². The minimum absolute atomic E-state index is 0.111. The summed E-state index contributed by atoms with van der Waals surface area (Å²) in [5.74, 6) is -1.04. The van der Waals surface area contributed by atoms with Crippen molar-refractivity contribution >= 4 is 17.9 Å². The molecule has 0 amide bonds. The number of esters is 3. The van der Waals surface area contributed by atoms with Gasteiger partial charge in [-0.2, -0.15) is 0 Å². The molecule has 6 heteroatoms. The summed E-state index contributed by atoms with van der Waals surface area (Å²) >= 11 is 0. The van der Waals surface area contributed by atoms with Crippen LogP contribution in [0.2, 0.25) is 0 Å². The van der Waals surface area contributed by atoms with E-state index in [2.05, 4.69) is 142 Å². The fourth-order valence-corrected chi connectivity index (χ4v) is 9.54. The first-order chi connectivity index (χ1) is 41.0. The molecule has 0 spiro atoms. The second-order valence-electron chi connectivity index (χ2n) is 22.7. The van der Waals surface area contributed by atoms with E-state index in [0.717, 1.165) is 103 Å². The number of hydrogen-bond donors (Lipinski definition) is 0. The molecule has 1 atom stereocenters. The highest BCUT2D eigenvalue weighted by Gasteiger charge is 2.19. The highest BCUT2D eigenvalue weighted by molar-refractivity contribution is 5.72. The van der Waals surface area contributed by atoms with Gasteiger partial charge >= 0.3 is 17.9 Å². The highest BCUT2D eigenvalue weighted by atomic mass is 16.6. The maximum atomic E-state index is 12.9. The summed E-state index contributed by atoms with van der Waals surface area (Å²) in [4.78, 5) is 38.4. The Balaban J connectivity index is 4.38. The van der Waals surface area contributed by atoms with Gasteiger partial charge in [0.05, 0.1) is 6.42 Å². The molecule has 0 rings (SSSR count). The molecule has 0 aliphatic heterocycles. The molecule has 0 bridgehead atoms. The predicted molar refractivity (Wildman–Crippen MR) is 362 cm³/mol. The molecule has 0 aromatic rings. The molecule has 6 nitrogen and oxygen atoms in total. The average molecular weight is 1150 g/mol. The van der Waals surface area contributed by atoms with E-state index >= 15 is 0 Å². The Kier molecular flexibility index (Phi) is 66.3. The van der Waals surface area contributed by atoms with Crippen LogP contribution in [0, 0.1) is 0 Å². The fourth-order valence-electron chi connectivity index (χ4n) is 9.54. The van der Waals surface area contributed by atoms with Crippen LogP contribution in [-0.2, 0) is 28.6 Å². The Hall–Kier alpha value is -4.45. The molecule has 0 aromatic heterocycles. The molecular weight excluding hydrogens is 1020 g/mol. The maximum Gasteiger partial charge on any atom is 0.309 e. The normalized spacial score (nSPS) is 13.0. The Bertz CT molecular complexity index is 1750. The van der Waals surface area contributed by atoms with Crippen molar-refractivity contribution in [2.45, 2.75) is 322 Å². The summed E-state index contributed by atoms with van der Waals surface area (Å²) in [5.41, 5.74) is 0. The average Bonchev–Trinajstić information content (AvgIpc) is 3.49. The molecule has 0 heterocycles. The van der Waals surface area contributed by atoms with Crippen LogP contribution in [0.4, 0.5) is 0 Å². The van der Waals surface area contributed by atoms with Crippen LogP contribution < -0.4 is 0 Å². The zero-order valence-corrected chi connectivity index (χ0v) is 54.2. The lowest BCUT2D eigenvalue weighted by Gasteiger charge is -2.18. The summed E-state index contributed by atoms with van der Waals surface area (Å²) in [6, 6.07) is 0. The summed E-state index contributed by atoms with van der Waals surface area (Å²) in [7, 11) is 0. The van der Waals surface area contributed by atoms with Gasteiger partial charge in [-0.3, -0.25) is 14.4 Å². The topological polar surface area (TPSA) is 78.9 Å². The molecule has 0 radical (unpaired) electrons. The first kappa shape index (κ1) is 78.5. The van der Waals surface area contributed by atoms with E-state index in [-0.39, 0.29) is 31.6 Å². The molecule has 472 valence electrons. The Morgan fingerprint density at radius 1 is 0.265 bits per heavy atom. The van der Waals surface area contributed by atoms with Crippen molar-refractivity contribution in [2.24, 2.45) is 0 Å². The number of allylic oxidation sites excluding steroid dienone is 21. The predicted octanol–water partition coefficient (Wildman–Crippen LogP) is 24.1. The van der Waals surface area contributed by atoms with Gasteiger partial charge in [0.15, 0.2) is 6.10 Å². The number of ether oxygens (including phenoxy) is 3. The van der Waals surface area contributed by atoms with E-state index in [1.165, 1.54) is 173 Å². The minimum Gasteiger partial charge on any atom is -0.462 e. The van der Waals surface area contributed by atoms with Crippen molar-refractivity contribution in [1.82, 2.24) is 0 Å². The standard InChI is InChI=1S/C77H128O6/c1-4-7-10-13-16-19-22-25-28-30-32-34-36-37-38-39-41-42-44-46-49-52-55-58-61-64-67-70-76(79)82-73-74(72-81-75(78)69-66-63-60-57-54-51-48-27-24-21-18-15-12-9-6-3)83-77(80)71-68-65-62-59-56-53-50-47-45-43-40-35-33-31-29-26-23-20-17-14-11-8-5-2/h7,9-10,12,16,18-19,21,23,25-28,31-34,48,54,57,63,66,74H,4-6,8,11,13-15,17,20,22,24,29-30,35-47,49-53,55-56,58-62,64-65,67-73H2,1-3H3/b10-7-,12-9-,19-16-,21-18-,26-23-,28-25-,33-31-,34-32-,48-27-,57-54-,66-63-. The number of carbonyl (C=O) groups excluding carboxylic acids is 3. The van der Waals surface area contributed by atoms with Gasteiger partial charge in [0, 0.05) is 12.8 Å². The van der Waals surface area contributed by atoms with Crippen molar-refractivity contribution in [1.29, 1.82) is 0 Å². The third kappa shape index (κ3) is 68.2. The maximum absolute atomic E-state index is 12.9. The minimum atomic E-state index is -0.825. The molecule has 0 saturated heterocycles.